The van der Waals surface area contributed by atoms with Gasteiger partial charge in [-0.3, -0.25) is 4.79 Å². The lowest BCUT2D eigenvalue weighted by atomic mass is 10.1. The third kappa shape index (κ3) is 4.51. The van der Waals surface area contributed by atoms with Crippen molar-refractivity contribution < 1.29 is 13.2 Å². The first-order chi connectivity index (χ1) is 12.9. The molecule has 1 saturated heterocycles. The fourth-order valence-corrected chi connectivity index (χ4v) is 5.03. The molecule has 5 nitrogen and oxygen atoms in total. The van der Waals surface area contributed by atoms with E-state index in [1.54, 1.807) is 18.2 Å². The van der Waals surface area contributed by atoms with Crippen molar-refractivity contribution in [1.82, 2.24) is 9.62 Å². The van der Waals surface area contributed by atoms with Crippen molar-refractivity contribution in [1.29, 1.82) is 0 Å². The smallest absolute Gasteiger partial charge is 0.251 e. The normalized spacial score (nSPS) is 16.7. The standard InChI is InChI=1S/C20H23ClN2O3S/c1-15(18-7-3-4-8-19(18)21)22-20(24)16-9-11-17(12-10-16)27(25,26)23-13-5-2-6-14-23/h3-4,7-12,15H,2,5-6,13-14H2,1H3,(H,22,24). The zero-order chi connectivity index (χ0) is 19.4. The molecule has 1 fully saturated rings. The Labute approximate surface area is 165 Å². The highest BCUT2D eigenvalue weighted by atomic mass is 35.5. The van der Waals surface area contributed by atoms with E-state index in [0.29, 0.717) is 23.7 Å². The minimum Gasteiger partial charge on any atom is -0.345 e. The molecule has 1 N–H and O–H groups in total. The summed E-state index contributed by atoms with van der Waals surface area (Å²) < 4.78 is 26.9. The maximum Gasteiger partial charge on any atom is 0.251 e. The van der Waals surface area contributed by atoms with Gasteiger partial charge in [-0.2, -0.15) is 4.31 Å². The van der Waals surface area contributed by atoms with Gasteiger partial charge in [-0.25, -0.2) is 8.42 Å². The van der Waals surface area contributed by atoms with E-state index in [-0.39, 0.29) is 16.8 Å². The van der Waals surface area contributed by atoms with Crippen LogP contribution in [-0.4, -0.2) is 31.7 Å². The van der Waals surface area contributed by atoms with E-state index in [9.17, 15) is 13.2 Å². The molecule has 1 atom stereocenters. The predicted octanol–water partition coefficient (Wildman–Crippen LogP) is 4.01. The summed E-state index contributed by atoms with van der Waals surface area (Å²) >= 11 is 6.17. The van der Waals surface area contributed by atoms with Crippen LogP contribution in [0.1, 0.15) is 48.1 Å². The summed E-state index contributed by atoms with van der Waals surface area (Å²) in [6, 6.07) is 13.2. The number of rotatable bonds is 5. The molecule has 0 aliphatic carbocycles. The fraction of sp³-hybridized carbons (Fsp3) is 0.350. The van der Waals surface area contributed by atoms with Crippen LogP contribution in [0.15, 0.2) is 53.4 Å². The number of hydrogen-bond acceptors (Lipinski definition) is 3. The zero-order valence-electron chi connectivity index (χ0n) is 15.2. The number of carbonyl (C=O) groups is 1. The predicted molar refractivity (Wildman–Crippen MR) is 106 cm³/mol. The van der Waals surface area contributed by atoms with E-state index in [1.807, 2.05) is 25.1 Å². The monoisotopic (exact) mass is 406 g/mol. The topological polar surface area (TPSA) is 66.5 Å². The van der Waals surface area contributed by atoms with Gasteiger partial charge in [0.25, 0.3) is 5.91 Å². The summed E-state index contributed by atoms with van der Waals surface area (Å²) in [5, 5.41) is 3.48. The number of halogens is 1. The molecule has 3 rings (SSSR count). The Bertz CT molecular complexity index is 907. The highest BCUT2D eigenvalue weighted by molar-refractivity contribution is 7.89. The van der Waals surface area contributed by atoms with E-state index >= 15 is 0 Å². The van der Waals surface area contributed by atoms with Crippen LogP contribution in [0.4, 0.5) is 0 Å². The maximum atomic E-state index is 12.7. The molecule has 0 spiro atoms. The highest BCUT2D eigenvalue weighted by Crippen LogP contribution is 2.23. The van der Waals surface area contributed by atoms with Gasteiger partial charge in [0.15, 0.2) is 0 Å². The lowest BCUT2D eigenvalue weighted by Crippen LogP contribution is -2.35. The number of nitrogens with zero attached hydrogens (tertiary/aromatic N) is 1. The molecule has 144 valence electrons. The summed E-state index contributed by atoms with van der Waals surface area (Å²) in [5.74, 6) is -0.274. The van der Waals surface area contributed by atoms with Gasteiger partial charge in [-0.05, 0) is 55.7 Å². The van der Waals surface area contributed by atoms with Crippen molar-refractivity contribution in [3.05, 3.63) is 64.7 Å². The van der Waals surface area contributed by atoms with Crippen LogP contribution in [0.5, 0.6) is 0 Å². The summed E-state index contributed by atoms with van der Waals surface area (Å²) in [6.45, 7) is 2.97. The van der Waals surface area contributed by atoms with Gasteiger partial charge < -0.3 is 5.32 Å². The number of nitrogens with one attached hydrogen (secondary N) is 1. The van der Waals surface area contributed by atoms with Crippen molar-refractivity contribution in [2.75, 3.05) is 13.1 Å². The van der Waals surface area contributed by atoms with Crippen molar-refractivity contribution >= 4 is 27.5 Å². The Morgan fingerprint density at radius 3 is 2.30 bits per heavy atom. The minimum atomic E-state index is -3.49. The van der Waals surface area contributed by atoms with Crippen molar-refractivity contribution in [3.8, 4) is 0 Å². The third-order valence-corrected chi connectivity index (χ3v) is 7.05. The second kappa shape index (κ2) is 8.42. The number of benzene rings is 2. The molecule has 1 aliphatic rings. The number of amides is 1. The Hall–Kier alpha value is -1.89. The number of carbonyl (C=O) groups excluding carboxylic acids is 1. The maximum absolute atomic E-state index is 12.7. The van der Waals surface area contributed by atoms with Gasteiger partial charge in [-0.1, -0.05) is 36.2 Å². The van der Waals surface area contributed by atoms with E-state index in [1.165, 1.54) is 16.4 Å². The SMILES string of the molecule is CC(NC(=O)c1ccc(S(=O)(=O)N2CCCCC2)cc1)c1ccccc1Cl. The Morgan fingerprint density at radius 1 is 1.04 bits per heavy atom. The quantitative estimate of drug-likeness (QED) is 0.815. The molecule has 1 heterocycles. The molecule has 1 unspecified atom stereocenters. The van der Waals surface area contributed by atoms with Gasteiger partial charge in [-0.15, -0.1) is 0 Å². The minimum absolute atomic E-state index is 0.222. The van der Waals surface area contributed by atoms with Gasteiger partial charge in [0.1, 0.15) is 0 Å². The summed E-state index contributed by atoms with van der Waals surface area (Å²) in [5.41, 5.74) is 1.24. The average Bonchev–Trinajstić information content (AvgIpc) is 2.69. The van der Waals surface area contributed by atoms with E-state index in [2.05, 4.69) is 5.32 Å². The zero-order valence-corrected chi connectivity index (χ0v) is 16.8. The van der Waals surface area contributed by atoms with Crippen LogP contribution < -0.4 is 5.32 Å². The van der Waals surface area contributed by atoms with E-state index in [4.69, 9.17) is 11.6 Å². The summed E-state index contributed by atoms with van der Waals surface area (Å²) in [7, 11) is -3.49. The first kappa shape index (κ1) is 19.9. The van der Waals surface area contributed by atoms with Crippen molar-refractivity contribution in [3.63, 3.8) is 0 Å². The molecule has 2 aromatic rings. The van der Waals surface area contributed by atoms with Crippen LogP contribution >= 0.6 is 11.6 Å². The van der Waals surface area contributed by atoms with Crippen LogP contribution in [0, 0.1) is 0 Å². The van der Waals surface area contributed by atoms with Crippen LogP contribution in [0.3, 0.4) is 0 Å². The van der Waals surface area contributed by atoms with Crippen molar-refractivity contribution in [2.24, 2.45) is 0 Å². The third-order valence-electron chi connectivity index (χ3n) is 4.79. The number of piperidine rings is 1. The van der Waals surface area contributed by atoms with E-state index in [0.717, 1.165) is 24.8 Å². The first-order valence-corrected chi connectivity index (χ1v) is 10.9. The first-order valence-electron chi connectivity index (χ1n) is 9.05. The molecular formula is C20H23ClN2O3S. The summed E-state index contributed by atoms with van der Waals surface area (Å²) in [6.07, 6.45) is 2.84. The molecule has 27 heavy (non-hydrogen) atoms. The molecule has 0 aromatic heterocycles. The molecular weight excluding hydrogens is 384 g/mol. The van der Waals surface area contributed by atoms with Crippen molar-refractivity contribution in [2.45, 2.75) is 37.1 Å². The second-order valence-electron chi connectivity index (χ2n) is 6.71. The molecule has 1 amide bonds. The molecule has 7 heteroatoms. The van der Waals surface area contributed by atoms with Gasteiger partial charge in [0, 0.05) is 23.7 Å². The van der Waals surface area contributed by atoms with Gasteiger partial charge in [0.05, 0.1) is 10.9 Å². The Balaban J connectivity index is 1.71. The molecule has 0 bridgehead atoms. The van der Waals surface area contributed by atoms with Crippen LogP contribution in [0.25, 0.3) is 0 Å². The Kier molecular flexibility index (Phi) is 6.19. The highest BCUT2D eigenvalue weighted by Gasteiger charge is 2.26. The lowest BCUT2D eigenvalue weighted by molar-refractivity contribution is 0.0940. The molecule has 1 aliphatic heterocycles. The van der Waals surface area contributed by atoms with Gasteiger partial charge >= 0.3 is 0 Å². The molecule has 2 aromatic carbocycles. The number of hydrogen-bond donors (Lipinski definition) is 1. The van der Waals surface area contributed by atoms with Crippen LogP contribution in [0.2, 0.25) is 5.02 Å². The second-order valence-corrected chi connectivity index (χ2v) is 9.05. The molecule has 0 radical (unpaired) electrons. The van der Waals surface area contributed by atoms with Gasteiger partial charge in [0.2, 0.25) is 10.0 Å². The largest absolute Gasteiger partial charge is 0.345 e. The summed E-state index contributed by atoms with van der Waals surface area (Å²) in [4.78, 5) is 12.7. The van der Waals surface area contributed by atoms with Crippen LogP contribution in [-0.2, 0) is 10.0 Å². The molecule has 0 saturated carbocycles. The fourth-order valence-electron chi connectivity index (χ4n) is 3.22. The average molecular weight is 407 g/mol. The Morgan fingerprint density at radius 2 is 1.67 bits per heavy atom. The number of sulfonamides is 1. The lowest BCUT2D eigenvalue weighted by Gasteiger charge is -2.25. The van der Waals surface area contributed by atoms with E-state index < -0.39 is 10.0 Å².